The molecular weight excluding hydrogens is 210 g/mol. The van der Waals surface area contributed by atoms with Gasteiger partial charge in [-0.15, -0.1) is 0 Å². The quantitative estimate of drug-likeness (QED) is 0.476. The zero-order chi connectivity index (χ0) is 13.0. The van der Waals surface area contributed by atoms with E-state index in [0.717, 1.165) is 25.3 Å². The average molecular weight is 231 g/mol. The van der Waals surface area contributed by atoms with Crippen molar-refractivity contribution in [1.29, 1.82) is 0 Å². The van der Waals surface area contributed by atoms with Gasteiger partial charge in [-0.3, -0.25) is 0 Å². The Hall–Kier alpha value is -1.36. The van der Waals surface area contributed by atoms with Gasteiger partial charge in [-0.05, 0) is 26.9 Å². The fourth-order valence-corrected chi connectivity index (χ4v) is 0.955. The van der Waals surface area contributed by atoms with Crippen molar-refractivity contribution in [2.75, 3.05) is 14.1 Å². The lowest BCUT2D eigenvalue weighted by Gasteiger charge is -1.99. The van der Waals surface area contributed by atoms with Crippen LogP contribution in [0.25, 0.3) is 0 Å². The minimum Gasteiger partial charge on any atom is -0.478 e. The minimum absolute atomic E-state index is 0.0269. The molecule has 0 amide bonds. The van der Waals surface area contributed by atoms with Crippen LogP contribution in [0.2, 0.25) is 0 Å². The molecule has 0 radical (unpaired) electrons. The van der Waals surface area contributed by atoms with Gasteiger partial charge in [0.15, 0.2) is 0 Å². The first-order valence-electron chi connectivity index (χ1n) is 5.24. The van der Waals surface area contributed by atoms with Crippen LogP contribution in [0.3, 0.4) is 0 Å². The normalized spacial score (nSPS) is 10.3. The molecule has 0 bridgehead atoms. The highest BCUT2D eigenvalue weighted by atomic mass is 16.4. The monoisotopic (exact) mass is 231 g/mol. The SMILES string of the molecule is CCCCC/C(=C/C(=O)O)C(=O)O.CNC. The Bertz CT molecular complexity index is 236. The van der Waals surface area contributed by atoms with Gasteiger partial charge >= 0.3 is 11.9 Å². The van der Waals surface area contributed by atoms with Crippen LogP contribution in [0.1, 0.15) is 32.6 Å². The molecule has 0 saturated heterocycles. The van der Waals surface area contributed by atoms with E-state index in [1.54, 1.807) is 0 Å². The number of rotatable bonds is 6. The first-order chi connectivity index (χ1) is 7.49. The number of aliphatic carboxylic acids is 2. The third-order valence-corrected chi connectivity index (χ3v) is 1.62. The minimum atomic E-state index is -1.20. The van der Waals surface area contributed by atoms with Crippen LogP contribution in [0.5, 0.6) is 0 Å². The first-order valence-corrected chi connectivity index (χ1v) is 5.24. The highest BCUT2D eigenvalue weighted by Crippen LogP contribution is 2.08. The summed E-state index contributed by atoms with van der Waals surface area (Å²) in [6.07, 6.45) is 3.72. The van der Waals surface area contributed by atoms with E-state index < -0.39 is 11.9 Å². The van der Waals surface area contributed by atoms with Crippen molar-refractivity contribution in [1.82, 2.24) is 5.32 Å². The van der Waals surface area contributed by atoms with E-state index in [9.17, 15) is 9.59 Å². The molecule has 16 heavy (non-hydrogen) atoms. The second-order valence-corrected chi connectivity index (χ2v) is 3.27. The molecule has 0 aromatic heterocycles. The largest absolute Gasteiger partial charge is 0.478 e. The molecule has 5 heteroatoms. The molecule has 0 aromatic rings. The number of carbonyl (C=O) groups is 2. The Morgan fingerprint density at radius 2 is 1.69 bits per heavy atom. The van der Waals surface area contributed by atoms with Gasteiger partial charge in [0, 0.05) is 11.6 Å². The number of nitrogens with one attached hydrogen (secondary N) is 1. The van der Waals surface area contributed by atoms with Gasteiger partial charge in [-0.2, -0.15) is 0 Å². The molecule has 0 aliphatic carbocycles. The standard InChI is InChI=1S/C9H14O4.C2H7N/c1-2-3-4-5-7(9(12)13)6-8(10)11;1-3-2/h6H,2-5H2,1H3,(H,10,11)(H,12,13);3H,1-2H3/b7-6-;. The van der Waals surface area contributed by atoms with Crippen molar-refractivity contribution in [3.05, 3.63) is 11.6 Å². The molecule has 0 aliphatic rings. The first kappa shape index (κ1) is 17.0. The van der Waals surface area contributed by atoms with Gasteiger partial charge in [0.2, 0.25) is 0 Å². The molecule has 0 fully saturated rings. The molecular formula is C11H21NO4. The molecule has 0 saturated carbocycles. The second kappa shape index (κ2) is 11.7. The summed E-state index contributed by atoms with van der Waals surface area (Å²) < 4.78 is 0. The van der Waals surface area contributed by atoms with Crippen LogP contribution >= 0.6 is 0 Å². The molecule has 0 spiro atoms. The maximum atomic E-state index is 10.5. The summed E-state index contributed by atoms with van der Waals surface area (Å²) in [4.78, 5) is 20.7. The Balaban J connectivity index is 0. The van der Waals surface area contributed by atoms with E-state index in [4.69, 9.17) is 10.2 Å². The summed E-state index contributed by atoms with van der Waals surface area (Å²) in [7, 11) is 3.75. The van der Waals surface area contributed by atoms with Crippen LogP contribution in [-0.2, 0) is 9.59 Å². The van der Waals surface area contributed by atoms with Gasteiger partial charge in [0.05, 0.1) is 0 Å². The van der Waals surface area contributed by atoms with Gasteiger partial charge in [0.25, 0.3) is 0 Å². The molecule has 0 unspecified atom stereocenters. The van der Waals surface area contributed by atoms with Gasteiger partial charge in [0.1, 0.15) is 0 Å². The Morgan fingerprint density at radius 1 is 1.19 bits per heavy atom. The van der Waals surface area contributed by atoms with E-state index in [-0.39, 0.29) is 5.57 Å². The summed E-state index contributed by atoms with van der Waals surface area (Å²) in [5.41, 5.74) is -0.0269. The smallest absolute Gasteiger partial charge is 0.331 e. The molecule has 0 rings (SSSR count). The lowest BCUT2D eigenvalue weighted by atomic mass is 10.1. The van der Waals surface area contributed by atoms with Gasteiger partial charge < -0.3 is 15.5 Å². The Labute approximate surface area is 96.2 Å². The van der Waals surface area contributed by atoms with Crippen molar-refractivity contribution >= 4 is 11.9 Å². The number of carboxylic acid groups (broad SMARTS) is 2. The number of hydrogen-bond acceptors (Lipinski definition) is 3. The molecule has 0 heterocycles. The molecule has 5 nitrogen and oxygen atoms in total. The molecule has 3 N–H and O–H groups in total. The zero-order valence-electron chi connectivity index (χ0n) is 10.1. The summed E-state index contributed by atoms with van der Waals surface area (Å²) in [5, 5.41) is 19.7. The maximum absolute atomic E-state index is 10.5. The topological polar surface area (TPSA) is 86.6 Å². The van der Waals surface area contributed by atoms with Crippen LogP contribution in [0.4, 0.5) is 0 Å². The van der Waals surface area contributed by atoms with Gasteiger partial charge in [-0.25, -0.2) is 9.59 Å². The summed E-state index contributed by atoms with van der Waals surface area (Å²) in [6, 6.07) is 0. The molecule has 0 aliphatic heterocycles. The number of hydrogen-bond donors (Lipinski definition) is 3. The average Bonchev–Trinajstić information content (AvgIpc) is 2.17. The molecule has 0 aromatic carbocycles. The van der Waals surface area contributed by atoms with E-state index in [1.165, 1.54) is 0 Å². The fraction of sp³-hybridized carbons (Fsp3) is 0.636. The van der Waals surface area contributed by atoms with E-state index in [1.807, 2.05) is 21.0 Å². The van der Waals surface area contributed by atoms with Gasteiger partial charge in [-0.1, -0.05) is 19.8 Å². The summed E-state index contributed by atoms with van der Waals surface area (Å²) >= 11 is 0. The van der Waals surface area contributed by atoms with E-state index in [2.05, 4.69) is 5.32 Å². The Kier molecular flexibility index (Phi) is 12.5. The highest BCUT2D eigenvalue weighted by molar-refractivity contribution is 5.94. The lowest BCUT2D eigenvalue weighted by molar-refractivity contribution is -0.135. The lowest BCUT2D eigenvalue weighted by Crippen LogP contribution is -2.03. The third kappa shape index (κ3) is 12.6. The molecule has 0 atom stereocenters. The summed E-state index contributed by atoms with van der Waals surface area (Å²) in [5.74, 6) is -2.34. The van der Waals surface area contributed by atoms with E-state index in [0.29, 0.717) is 6.42 Å². The van der Waals surface area contributed by atoms with Crippen molar-refractivity contribution in [3.8, 4) is 0 Å². The number of unbranched alkanes of at least 4 members (excludes halogenated alkanes) is 2. The highest BCUT2D eigenvalue weighted by Gasteiger charge is 2.08. The molecule has 94 valence electrons. The maximum Gasteiger partial charge on any atom is 0.331 e. The van der Waals surface area contributed by atoms with Crippen LogP contribution in [-0.4, -0.2) is 36.2 Å². The van der Waals surface area contributed by atoms with Crippen LogP contribution < -0.4 is 5.32 Å². The van der Waals surface area contributed by atoms with Crippen LogP contribution in [0.15, 0.2) is 11.6 Å². The second-order valence-electron chi connectivity index (χ2n) is 3.27. The van der Waals surface area contributed by atoms with Crippen molar-refractivity contribution in [2.45, 2.75) is 32.6 Å². The van der Waals surface area contributed by atoms with Crippen molar-refractivity contribution in [2.24, 2.45) is 0 Å². The Morgan fingerprint density at radius 3 is 2.00 bits per heavy atom. The predicted molar refractivity (Wildman–Crippen MR) is 62.5 cm³/mol. The number of carboxylic acids is 2. The predicted octanol–water partition coefficient (Wildman–Crippen LogP) is 1.50. The fourth-order valence-electron chi connectivity index (χ4n) is 0.955. The van der Waals surface area contributed by atoms with E-state index >= 15 is 0 Å². The van der Waals surface area contributed by atoms with Crippen molar-refractivity contribution < 1.29 is 19.8 Å². The van der Waals surface area contributed by atoms with Crippen LogP contribution in [0, 0.1) is 0 Å². The third-order valence-electron chi connectivity index (χ3n) is 1.62. The van der Waals surface area contributed by atoms with Crippen molar-refractivity contribution in [3.63, 3.8) is 0 Å². The summed E-state index contributed by atoms with van der Waals surface area (Å²) in [6.45, 7) is 2.00. The zero-order valence-corrected chi connectivity index (χ0v) is 10.1.